The van der Waals surface area contributed by atoms with Gasteiger partial charge in [0.2, 0.25) is 5.91 Å². The Balaban J connectivity index is 1.39. The molecule has 1 aliphatic rings. The van der Waals surface area contributed by atoms with E-state index in [1.807, 2.05) is 67.6 Å². The topological polar surface area (TPSA) is 66.5 Å². The molecule has 0 spiro atoms. The van der Waals surface area contributed by atoms with Gasteiger partial charge in [-0.05, 0) is 46.8 Å². The summed E-state index contributed by atoms with van der Waals surface area (Å²) in [5.74, 6) is -0.343. The first-order chi connectivity index (χ1) is 14.4. The summed E-state index contributed by atoms with van der Waals surface area (Å²) in [5.41, 5.74) is 1.52. The maximum atomic E-state index is 13.0. The number of carbonyl (C=O) groups excluding carboxylic acids is 1. The maximum absolute atomic E-state index is 13.0. The second kappa shape index (κ2) is 6.85. The lowest BCUT2D eigenvalue weighted by atomic mass is 10.0. The number of amides is 1. The van der Waals surface area contributed by atoms with Crippen LogP contribution in [-0.2, 0) is 14.8 Å². The molecule has 0 radical (unpaired) electrons. The monoisotopic (exact) mass is 416 g/mol. The van der Waals surface area contributed by atoms with Crippen LogP contribution in [0, 0.1) is 0 Å². The lowest BCUT2D eigenvalue weighted by Crippen LogP contribution is -2.39. The van der Waals surface area contributed by atoms with Crippen molar-refractivity contribution < 1.29 is 13.2 Å². The van der Waals surface area contributed by atoms with Gasteiger partial charge in [-0.3, -0.25) is 9.10 Å². The summed E-state index contributed by atoms with van der Waals surface area (Å²) in [6, 6.07) is 24.5. The molecule has 0 bridgehead atoms. The summed E-state index contributed by atoms with van der Waals surface area (Å²) >= 11 is 0. The van der Waals surface area contributed by atoms with Crippen LogP contribution in [0.3, 0.4) is 0 Å². The number of carbonyl (C=O) groups is 1. The van der Waals surface area contributed by atoms with Gasteiger partial charge in [-0.25, -0.2) is 8.42 Å². The summed E-state index contributed by atoms with van der Waals surface area (Å²) in [6.45, 7) is 1.64. The van der Waals surface area contributed by atoms with Crippen molar-refractivity contribution in [1.29, 1.82) is 0 Å². The van der Waals surface area contributed by atoms with E-state index in [4.69, 9.17) is 0 Å². The van der Waals surface area contributed by atoms with E-state index in [1.165, 1.54) is 4.31 Å². The van der Waals surface area contributed by atoms with Crippen molar-refractivity contribution in [1.82, 2.24) is 5.32 Å². The fraction of sp³-hybridized carbons (Fsp3) is 0.125. The maximum Gasteiger partial charge on any atom is 0.265 e. The standard InChI is InChI=1S/C24H20N2O3S/c1-16(19-13-12-17-6-2-3-7-20(17)14-19)25-23(27)15-26-21-10-4-8-18-9-5-11-22(24(18)21)30(26,28)29/h2-14,16H,15H2,1H3,(H,25,27). The molecule has 0 fully saturated rings. The minimum absolute atomic E-state index is 0.245. The minimum Gasteiger partial charge on any atom is -0.348 e. The average molecular weight is 417 g/mol. The molecule has 1 aliphatic heterocycles. The van der Waals surface area contributed by atoms with Gasteiger partial charge in [0.15, 0.2) is 0 Å². The quantitative estimate of drug-likeness (QED) is 0.537. The van der Waals surface area contributed by atoms with Crippen molar-refractivity contribution in [3.05, 3.63) is 84.4 Å². The molecule has 4 aromatic carbocycles. The van der Waals surface area contributed by atoms with Gasteiger partial charge >= 0.3 is 0 Å². The lowest BCUT2D eigenvalue weighted by Gasteiger charge is -2.21. The summed E-state index contributed by atoms with van der Waals surface area (Å²) in [5, 5.41) is 6.69. The summed E-state index contributed by atoms with van der Waals surface area (Å²) in [7, 11) is -3.75. The SMILES string of the molecule is CC(NC(=O)CN1c2cccc3cccc(c23)S1(=O)=O)c1ccc2ccccc2c1. The number of benzene rings is 4. The predicted octanol–water partition coefficient (Wildman–Crippen LogP) is 4.38. The third-order valence-corrected chi connectivity index (χ3v) is 7.42. The number of anilines is 1. The molecule has 150 valence electrons. The fourth-order valence-corrected chi connectivity index (χ4v) is 5.77. The van der Waals surface area contributed by atoms with E-state index >= 15 is 0 Å². The zero-order valence-corrected chi connectivity index (χ0v) is 17.2. The zero-order chi connectivity index (χ0) is 20.9. The Morgan fingerprint density at radius 1 is 0.900 bits per heavy atom. The number of hydrogen-bond donors (Lipinski definition) is 1. The minimum atomic E-state index is -3.75. The molecule has 0 aromatic heterocycles. The molecule has 5 nitrogen and oxygen atoms in total. The molecule has 4 aromatic rings. The number of nitrogens with one attached hydrogen (secondary N) is 1. The molecule has 1 heterocycles. The Morgan fingerprint density at radius 3 is 2.40 bits per heavy atom. The molecule has 0 aliphatic carbocycles. The first-order valence-electron chi connectivity index (χ1n) is 9.78. The Bertz CT molecular complexity index is 1410. The predicted molar refractivity (Wildman–Crippen MR) is 119 cm³/mol. The molecule has 30 heavy (non-hydrogen) atoms. The molecule has 0 saturated carbocycles. The number of rotatable bonds is 4. The Labute approximate surface area is 175 Å². The highest BCUT2D eigenvalue weighted by atomic mass is 32.2. The van der Waals surface area contributed by atoms with Crippen molar-refractivity contribution in [2.75, 3.05) is 10.8 Å². The number of sulfonamides is 1. The van der Waals surface area contributed by atoms with Crippen LogP contribution in [0.2, 0.25) is 0 Å². The van der Waals surface area contributed by atoms with Gasteiger partial charge in [0.25, 0.3) is 10.0 Å². The highest BCUT2D eigenvalue weighted by Crippen LogP contribution is 2.41. The first-order valence-corrected chi connectivity index (χ1v) is 11.2. The molecular weight excluding hydrogens is 396 g/mol. The summed E-state index contributed by atoms with van der Waals surface area (Å²) < 4.78 is 27.3. The van der Waals surface area contributed by atoms with Gasteiger partial charge in [-0.15, -0.1) is 0 Å². The van der Waals surface area contributed by atoms with Crippen LogP contribution >= 0.6 is 0 Å². The van der Waals surface area contributed by atoms with Gasteiger partial charge in [-0.1, -0.05) is 60.7 Å². The third kappa shape index (κ3) is 2.92. The third-order valence-electron chi connectivity index (χ3n) is 5.62. The average Bonchev–Trinajstić information content (AvgIpc) is 2.96. The molecule has 1 N–H and O–H groups in total. The van der Waals surface area contributed by atoms with Gasteiger partial charge in [0.05, 0.1) is 16.6 Å². The van der Waals surface area contributed by atoms with E-state index < -0.39 is 10.0 Å². The molecular formula is C24H20N2O3S. The highest BCUT2D eigenvalue weighted by Gasteiger charge is 2.36. The molecule has 0 saturated heterocycles. The van der Waals surface area contributed by atoms with E-state index in [0.717, 1.165) is 21.7 Å². The lowest BCUT2D eigenvalue weighted by molar-refractivity contribution is -0.120. The van der Waals surface area contributed by atoms with Crippen molar-refractivity contribution in [2.45, 2.75) is 17.9 Å². The van der Waals surface area contributed by atoms with Crippen LogP contribution in [0.15, 0.2) is 83.8 Å². The first kappa shape index (κ1) is 18.6. The number of hydrogen-bond acceptors (Lipinski definition) is 3. The summed E-state index contributed by atoms with van der Waals surface area (Å²) in [6.07, 6.45) is 0. The van der Waals surface area contributed by atoms with Crippen molar-refractivity contribution in [3.8, 4) is 0 Å². The van der Waals surface area contributed by atoms with Crippen molar-refractivity contribution in [3.63, 3.8) is 0 Å². The van der Waals surface area contributed by atoms with Crippen LogP contribution in [0.5, 0.6) is 0 Å². The van der Waals surface area contributed by atoms with Crippen LogP contribution in [0.1, 0.15) is 18.5 Å². The van der Waals surface area contributed by atoms with E-state index in [2.05, 4.69) is 5.32 Å². The van der Waals surface area contributed by atoms with Gasteiger partial charge in [0, 0.05) is 5.39 Å². The van der Waals surface area contributed by atoms with E-state index in [9.17, 15) is 13.2 Å². The zero-order valence-electron chi connectivity index (χ0n) is 16.4. The number of fused-ring (bicyclic) bond motifs is 1. The number of nitrogens with zero attached hydrogens (tertiary/aromatic N) is 1. The van der Waals surface area contributed by atoms with Crippen LogP contribution in [0.25, 0.3) is 21.5 Å². The highest BCUT2D eigenvalue weighted by molar-refractivity contribution is 7.93. The molecule has 1 unspecified atom stereocenters. The fourth-order valence-electron chi connectivity index (χ4n) is 4.11. The second-order valence-electron chi connectivity index (χ2n) is 7.54. The molecule has 6 heteroatoms. The molecule has 1 amide bonds. The Morgan fingerprint density at radius 2 is 1.60 bits per heavy atom. The van der Waals surface area contributed by atoms with Gasteiger partial charge in [-0.2, -0.15) is 0 Å². The van der Waals surface area contributed by atoms with Crippen LogP contribution in [0.4, 0.5) is 5.69 Å². The molecule has 5 rings (SSSR count). The summed E-state index contributed by atoms with van der Waals surface area (Å²) in [4.78, 5) is 13.0. The Kier molecular flexibility index (Phi) is 4.25. The second-order valence-corrected chi connectivity index (χ2v) is 9.37. The smallest absolute Gasteiger partial charge is 0.265 e. The van der Waals surface area contributed by atoms with E-state index in [1.54, 1.807) is 18.2 Å². The van der Waals surface area contributed by atoms with Crippen molar-refractivity contribution >= 4 is 43.2 Å². The van der Waals surface area contributed by atoms with Crippen molar-refractivity contribution in [2.24, 2.45) is 0 Å². The van der Waals surface area contributed by atoms with Gasteiger partial charge < -0.3 is 5.32 Å². The van der Waals surface area contributed by atoms with Gasteiger partial charge in [0.1, 0.15) is 6.54 Å². The van der Waals surface area contributed by atoms with Crippen LogP contribution < -0.4 is 9.62 Å². The molecule has 1 atom stereocenters. The Hall–Kier alpha value is -3.38. The van der Waals surface area contributed by atoms with Crippen LogP contribution in [-0.4, -0.2) is 20.9 Å². The largest absolute Gasteiger partial charge is 0.348 e. The van der Waals surface area contributed by atoms with E-state index in [-0.39, 0.29) is 23.4 Å². The normalized spacial score (nSPS) is 15.4. The van der Waals surface area contributed by atoms with E-state index in [0.29, 0.717) is 11.1 Å².